The number of carbonyl (C=O) groups is 1. The number of hydrogen-bond donors (Lipinski definition) is 1. The van der Waals surface area contributed by atoms with Gasteiger partial charge < -0.3 is 18.9 Å². The third-order valence-corrected chi connectivity index (χ3v) is 6.00. The Hall–Kier alpha value is -2.94. The number of benzene rings is 3. The van der Waals surface area contributed by atoms with Crippen molar-refractivity contribution in [3.8, 4) is 23.0 Å². The normalized spacial score (nSPS) is 10.8. The zero-order valence-corrected chi connectivity index (χ0v) is 23.0. The van der Waals surface area contributed by atoms with Crippen molar-refractivity contribution < 1.29 is 23.7 Å². The van der Waals surface area contributed by atoms with Gasteiger partial charge in [0.1, 0.15) is 6.61 Å². The topological polar surface area (TPSA) is 78.4 Å². The number of rotatable bonds is 11. The molecule has 0 atom stereocenters. The summed E-state index contributed by atoms with van der Waals surface area (Å²) in [6.07, 6.45) is 1.51. The summed E-state index contributed by atoms with van der Waals surface area (Å²) >= 11 is 15.8. The molecule has 0 aliphatic heterocycles. The van der Waals surface area contributed by atoms with E-state index in [0.717, 1.165) is 5.56 Å². The Morgan fingerprint density at radius 2 is 1.72 bits per heavy atom. The summed E-state index contributed by atoms with van der Waals surface area (Å²) in [5, 5.41) is 5.15. The minimum atomic E-state index is -0.390. The zero-order chi connectivity index (χ0) is 26.1. The highest BCUT2D eigenvalue weighted by Gasteiger charge is 2.14. The molecule has 3 aromatic carbocycles. The van der Waals surface area contributed by atoms with Crippen LogP contribution < -0.4 is 24.4 Å². The van der Waals surface area contributed by atoms with Gasteiger partial charge in [-0.05, 0) is 77.8 Å². The molecule has 0 aliphatic rings. The molecule has 0 aromatic heterocycles. The fourth-order valence-electron chi connectivity index (χ4n) is 3.17. The second-order valence-electron chi connectivity index (χ2n) is 7.29. The molecular formula is C26H25BrCl2N2O5. The Morgan fingerprint density at radius 3 is 2.42 bits per heavy atom. The minimum Gasteiger partial charge on any atom is -0.493 e. The number of hydrazone groups is 1. The van der Waals surface area contributed by atoms with E-state index in [1.54, 1.807) is 49.6 Å². The van der Waals surface area contributed by atoms with Crippen LogP contribution in [0.1, 0.15) is 35.3 Å². The molecule has 0 spiro atoms. The molecule has 0 fully saturated rings. The largest absolute Gasteiger partial charge is 0.493 e. The molecule has 7 nitrogen and oxygen atoms in total. The number of nitrogens with one attached hydrogen (secondary N) is 1. The first kappa shape index (κ1) is 27.6. The Morgan fingerprint density at radius 1 is 0.972 bits per heavy atom. The van der Waals surface area contributed by atoms with Crippen molar-refractivity contribution in [1.29, 1.82) is 0 Å². The maximum absolute atomic E-state index is 12.6. The fraction of sp³-hybridized carbons (Fsp3) is 0.231. The predicted octanol–water partition coefficient (Wildman–Crippen LogP) is 6.90. The highest BCUT2D eigenvalue weighted by atomic mass is 79.9. The fourth-order valence-corrected chi connectivity index (χ4v) is 4.21. The standard InChI is InChI=1S/C26H25BrCl2N2O5/c1-4-34-23-12-17(7-9-22(23)33-3)26(32)31-30-14-16-10-20(27)25(24(11-16)35-5-2)36-15-18-6-8-19(28)13-21(18)29/h6-14H,4-5,15H2,1-3H3,(H,31,32)/b30-14+. The molecule has 190 valence electrons. The van der Waals surface area contributed by atoms with Crippen LogP contribution in [0.15, 0.2) is 58.1 Å². The molecule has 3 rings (SSSR count). The Bertz CT molecular complexity index is 1250. The first-order valence-corrected chi connectivity index (χ1v) is 12.6. The lowest BCUT2D eigenvalue weighted by Gasteiger charge is -2.15. The van der Waals surface area contributed by atoms with Crippen molar-refractivity contribution in [3.63, 3.8) is 0 Å². The maximum Gasteiger partial charge on any atom is 0.271 e. The molecule has 36 heavy (non-hydrogen) atoms. The molecule has 0 heterocycles. The molecule has 0 bridgehead atoms. The van der Waals surface area contributed by atoms with Gasteiger partial charge in [-0.15, -0.1) is 0 Å². The summed E-state index contributed by atoms with van der Waals surface area (Å²) < 4.78 is 23.2. The lowest BCUT2D eigenvalue weighted by Crippen LogP contribution is -2.17. The lowest BCUT2D eigenvalue weighted by atomic mass is 10.2. The van der Waals surface area contributed by atoms with Crippen molar-refractivity contribution in [2.45, 2.75) is 20.5 Å². The van der Waals surface area contributed by atoms with Gasteiger partial charge in [-0.2, -0.15) is 5.10 Å². The highest BCUT2D eigenvalue weighted by molar-refractivity contribution is 9.10. The Kier molecular flexibility index (Phi) is 10.3. The second kappa shape index (κ2) is 13.4. The number of nitrogens with zero attached hydrogens (tertiary/aromatic N) is 1. The van der Waals surface area contributed by atoms with E-state index in [2.05, 4.69) is 26.5 Å². The van der Waals surface area contributed by atoms with Gasteiger partial charge in [-0.25, -0.2) is 5.43 Å². The molecule has 0 saturated carbocycles. The summed E-state index contributed by atoms with van der Waals surface area (Å²) in [6.45, 7) is 4.84. The van der Waals surface area contributed by atoms with E-state index in [-0.39, 0.29) is 6.61 Å². The second-order valence-corrected chi connectivity index (χ2v) is 8.98. The van der Waals surface area contributed by atoms with Crippen LogP contribution in [0.5, 0.6) is 23.0 Å². The first-order chi connectivity index (χ1) is 17.4. The highest BCUT2D eigenvalue weighted by Crippen LogP contribution is 2.37. The van der Waals surface area contributed by atoms with Gasteiger partial charge >= 0.3 is 0 Å². The van der Waals surface area contributed by atoms with E-state index in [0.29, 0.717) is 61.9 Å². The number of carbonyl (C=O) groups excluding carboxylic acids is 1. The van der Waals surface area contributed by atoms with E-state index >= 15 is 0 Å². The van der Waals surface area contributed by atoms with Crippen molar-refractivity contribution in [1.82, 2.24) is 5.43 Å². The van der Waals surface area contributed by atoms with Gasteiger partial charge in [0.15, 0.2) is 23.0 Å². The third-order valence-electron chi connectivity index (χ3n) is 4.82. The molecule has 1 amide bonds. The molecule has 0 aliphatic carbocycles. The lowest BCUT2D eigenvalue weighted by molar-refractivity contribution is 0.0954. The van der Waals surface area contributed by atoms with Gasteiger partial charge in [-0.1, -0.05) is 29.3 Å². The summed E-state index contributed by atoms with van der Waals surface area (Å²) in [4.78, 5) is 12.6. The number of ether oxygens (including phenoxy) is 4. The average molecular weight is 596 g/mol. The molecule has 0 saturated heterocycles. The number of amides is 1. The van der Waals surface area contributed by atoms with E-state index < -0.39 is 5.91 Å². The monoisotopic (exact) mass is 594 g/mol. The summed E-state index contributed by atoms with van der Waals surface area (Å²) in [5.41, 5.74) is 4.38. The van der Waals surface area contributed by atoms with Crippen LogP contribution in [0.4, 0.5) is 0 Å². The van der Waals surface area contributed by atoms with E-state index in [4.69, 9.17) is 42.1 Å². The summed E-state index contributed by atoms with van der Waals surface area (Å²) in [7, 11) is 1.54. The van der Waals surface area contributed by atoms with Crippen LogP contribution >= 0.6 is 39.1 Å². The van der Waals surface area contributed by atoms with Gasteiger partial charge in [0, 0.05) is 21.2 Å². The minimum absolute atomic E-state index is 0.226. The molecule has 1 N–H and O–H groups in total. The van der Waals surface area contributed by atoms with E-state index in [9.17, 15) is 4.79 Å². The first-order valence-electron chi connectivity index (χ1n) is 11.0. The van der Waals surface area contributed by atoms with Crippen LogP contribution in [0, 0.1) is 0 Å². The summed E-state index contributed by atoms with van der Waals surface area (Å²) in [6, 6.07) is 13.7. The zero-order valence-electron chi connectivity index (χ0n) is 19.9. The third kappa shape index (κ3) is 7.29. The number of hydrogen-bond acceptors (Lipinski definition) is 6. The maximum atomic E-state index is 12.6. The predicted molar refractivity (Wildman–Crippen MR) is 145 cm³/mol. The van der Waals surface area contributed by atoms with E-state index in [1.807, 2.05) is 19.9 Å². The van der Waals surface area contributed by atoms with Crippen molar-refractivity contribution in [2.24, 2.45) is 5.10 Å². The van der Waals surface area contributed by atoms with Gasteiger partial charge in [0.2, 0.25) is 0 Å². The SMILES string of the molecule is CCOc1cc(C(=O)N/N=C/c2cc(Br)c(OCc3ccc(Cl)cc3Cl)c(OCC)c2)ccc1OC. The Labute approximate surface area is 228 Å². The van der Waals surface area contributed by atoms with Crippen molar-refractivity contribution in [3.05, 3.63) is 79.7 Å². The van der Waals surface area contributed by atoms with Crippen LogP contribution in [0.25, 0.3) is 0 Å². The molecule has 0 radical (unpaired) electrons. The Balaban J connectivity index is 1.73. The van der Waals surface area contributed by atoms with Crippen molar-refractivity contribution in [2.75, 3.05) is 20.3 Å². The van der Waals surface area contributed by atoms with E-state index in [1.165, 1.54) is 6.21 Å². The average Bonchev–Trinajstić information content (AvgIpc) is 2.85. The quantitative estimate of drug-likeness (QED) is 0.193. The molecule has 0 unspecified atom stereocenters. The number of methoxy groups -OCH3 is 1. The van der Waals surface area contributed by atoms with Crippen LogP contribution in [-0.2, 0) is 6.61 Å². The molecule has 3 aromatic rings. The van der Waals surface area contributed by atoms with Crippen LogP contribution in [-0.4, -0.2) is 32.4 Å². The van der Waals surface area contributed by atoms with Crippen LogP contribution in [0.2, 0.25) is 10.0 Å². The van der Waals surface area contributed by atoms with Gasteiger partial charge in [0.05, 0.1) is 31.0 Å². The molecule has 10 heteroatoms. The van der Waals surface area contributed by atoms with Gasteiger partial charge in [-0.3, -0.25) is 4.79 Å². The summed E-state index contributed by atoms with van der Waals surface area (Å²) in [5.74, 6) is 1.67. The smallest absolute Gasteiger partial charge is 0.271 e. The van der Waals surface area contributed by atoms with Gasteiger partial charge in [0.25, 0.3) is 5.91 Å². The number of halogens is 3. The van der Waals surface area contributed by atoms with Crippen molar-refractivity contribution >= 4 is 51.3 Å². The molecular weight excluding hydrogens is 571 g/mol. The van der Waals surface area contributed by atoms with Crippen LogP contribution in [0.3, 0.4) is 0 Å².